The first-order valence-corrected chi connectivity index (χ1v) is 13.1. The van der Waals surface area contributed by atoms with E-state index in [1.165, 1.54) is 53.5 Å². The largest absolute Gasteiger partial charge is 0.316 e. The Kier molecular flexibility index (Phi) is 9.52. The molecule has 0 aliphatic carbocycles. The van der Waals surface area contributed by atoms with Gasteiger partial charge in [-0.2, -0.15) is 0 Å². The minimum atomic E-state index is 0.907. The van der Waals surface area contributed by atoms with Crippen molar-refractivity contribution in [2.45, 2.75) is 45.3 Å². The van der Waals surface area contributed by atoms with E-state index in [0.717, 1.165) is 19.6 Å². The Balaban J connectivity index is 1.13. The Hall–Kier alpha value is -3.63. The summed E-state index contributed by atoms with van der Waals surface area (Å²) < 4.78 is 6.65. The van der Waals surface area contributed by atoms with E-state index >= 15 is 0 Å². The zero-order chi connectivity index (χ0) is 25.0. The summed E-state index contributed by atoms with van der Waals surface area (Å²) in [5, 5.41) is 3.18. The summed E-state index contributed by atoms with van der Waals surface area (Å²) in [5.74, 6) is 0. The van der Waals surface area contributed by atoms with Gasteiger partial charge in [0.15, 0.2) is 37.2 Å². The summed E-state index contributed by atoms with van der Waals surface area (Å²) in [4.78, 5) is 0. The summed E-state index contributed by atoms with van der Waals surface area (Å²) in [7, 11) is 4.02. The number of pyridine rings is 3. The van der Waals surface area contributed by atoms with E-state index in [2.05, 4.69) is 129 Å². The minimum Gasteiger partial charge on any atom is -0.316 e. The molecule has 0 saturated heterocycles. The first-order valence-electron chi connectivity index (χ1n) is 13.1. The summed E-state index contributed by atoms with van der Waals surface area (Å²) in [6, 6.07) is 21.8. The maximum absolute atomic E-state index is 3.18. The van der Waals surface area contributed by atoms with Crippen LogP contribution in [0.5, 0.6) is 0 Å². The van der Waals surface area contributed by atoms with E-state index in [-0.39, 0.29) is 0 Å². The molecule has 0 bridgehead atoms. The van der Waals surface area contributed by atoms with Gasteiger partial charge in [0, 0.05) is 55.8 Å². The fraction of sp³-hybridized carbons (Fsp3) is 0.281. The van der Waals surface area contributed by atoms with Gasteiger partial charge >= 0.3 is 0 Å². The lowest BCUT2D eigenvalue weighted by Gasteiger charge is -2.02. The van der Waals surface area contributed by atoms with E-state index < -0.39 is 0 Å². The van der Waals surface area contributed by atoms with Gasteiger partial charge in [-0.05, 0) is 47.7 Å². The van der Waals surface area contributed by atoms with Gasteiger partial charge in [0.2, 0.25) is 0 Å². The van der Waals surface area contributed by atoms with Crippen molar-refractivity contribution in [3.05, 3.63) is 115 Å². The Morgan fingerprint density at radius 2 is 1.06 bits per heavy atom. The van der Waals surface area contributed by atoms with Crippen LogP contribution >= 0.6 is 0 Å². The second-order valence-corrected chi connectivity index (χ2v) is 9.47. The SMILES string of the molecule is CNCc1ccc(/C=C/c2cc[n+](CCCCCC[n+]3ccc(-c4cc[n+](C)cc4)cc3)cc2)cc1. The highest BCUT2D eigenvalue weighted by molar-refractivity contribution is 5.69. The molecule has 0 spiro atoms. The lowest BCUT2D eigenvalue weighted by molar-refractivity contribution is -0.698. The first-order chi connectivity index (χ1) is 17.7. The van der Waals surface area contributed by atoms with Crippen LogP contribution in [-0.2, 0) is 26.7 Å². The molecule has 0 aliphatic heterocycles. The number of rotatable bonds is 12. The lowest BCUT2D eigenvalue weighted by atomic mass is 10.1. The van der Waals surface area contributed by atoms with Crippen molar-refractivity contribution in [3.8, 4) is 11.1 Å². The fourth-order valence-electron chi connectivity index (χ4n) is 4.31. The summed E-state index contributed by atoms with van der Waals surface area (Å²) in [6.45, 7) is 3.06. The van der Waals surface area contributed by atoms with Crippen molar-refractivity contribution in [2.24, 2.45) is 7.05 Å². The molecular weight excluding hydrogens is 440 g/mol. The third kappa shape index (κ3) is 7.96. The topological polar surface area (TPSA) is 23.7 Å². The van der Waals surface area contributed by atoms with Crippen LogP contribution in [0.3, 0.4) is 0 Å². The Bertz CT molecular complexity index is 1210. The second-order valence-electron chi connectivity index (χ2n) is 9.47. The van der Waals surface area contributed by atoms with Gasteiger partial charge in [0.25, 0.3) is 0 Å². The Labute approximate surface area is 216 Å². The third-order valence-electron chi connectivity index (χ3n) is 6.53. The highest BCUT2D eigenvalue weighted by Gasteiger charge is 2.05. The molecule has 0 aliphatic rings. The molecule has 184 valence electrons. The van der Waals surface area contributed by atoms with Crippen LogP contribution in [0.2, 0.25) is 0 Å². The molecule has 0 fully saturated rings. The van der Waals surface area contributed by atoms with Crippen LogP contribution in [0, 0.1) is 0 Å². The smallest absolute Gasteiger partial charge is 0.169 e. The Morgan fingerprint density at radius 1 is 0.583 bits per heavy atom. The maximum atomic E-state index is 3.18. The first kappa shape index (κ1) is 25.5. The number of benzene rings is 1. The molecular formula is C32H39N4+3. The number of hydrogen-bond donors (Lipinski definition) is 1. The number of aryl methyl sites for hydroxylation is 3. The van der Waals surface area contributed by atoms with E-state index in [0.29, 0.717) is 0 Å². The van der Waals surface area contributed by atoms with E-state index in [1.807, 2.05) is 14.1 Å². The Morgan fingerprint density at radius 3 is 1.58 bits per heavy atom. The van der Waals surface area contributed by atoms with Gasteiger partial charge in [-0.1, -0.05) is 36.4 Å². The molecule has 3 heterocycles. The zero-order valence-electron chi connectivity index (χ0n) is 21.7. The number of nitrogens with zero attached hydrogens (tertiary/aromatic N) is 3. The van der Waals surface area contributed by atoms with Crippen LogP contribution in [-0.4, -0.2) is 7.05 Å². The summed E-state index contributed by atoms with van der Waals surface area (Å²) >= 11 is 0. The molecule has 0 saturated carbocycles. The van der Waals surface area contributed by atoms with Gasteiger partial charge in [0.1, 0.15) is 20.1 Å². The van der Waals surface area contributed by atoms with Crippen molar-refractivity contribution in [1.29, 1.82) is 0 Å². The molecule has 4 rings (SSSR count). The molecule has 0 amide bonds. The van der Waals surface area contributed by atoms with Crippen molar-refractivity contribution >= 4 is 12.2 Å². The predicted octanol–water partition coefficient (Wildman–Crippen LogP) is 4.90. The summed E-state index contributed by atoms with van der Waals surface area (Å²) in [5.41, 5.74) is 6.29. The highest BCUT2D eigenvalue weighted by Crippen LogP contribution is 2.15. The minimum absolute atomic E-state index is 0.907. The average molecular weight is 480 g/mol. The molecule has 1 aromatic carbocycles. The summed E-state index contributed by atoms with van der Waals surface area (Å²) in [6.07, 6.45) is 22.3. The van der Waals surface area contributed by atoms with Crippen LogP contribution in [0.1, 0.15) is 42.4 Å². The number of aromatic nitrogens is 3. The number of unbranched alkanes of at least 4 members (excludes halogenated alkanes) is 3. The van der Waals surface area contributed by atoms with Gasteiger partial charge in [-0.3, -0.25) is 0 Å². The monoisotopic (exact) mass is 479 g/mol. The van der Waals surface area contributed by atoms with E-state index in [9.17, 15) is 0 Å². The van der Waals surface area contributed by atoms with Gasteiger partial charge in [0.05, 0.1) is 0 Å². The molecule has 0 unspecified atom stereocenters. The lowest BCUT2D eigenvalue weighted by Crippen LogP contribution is -2.33. The second kappa shape index (κ2) is 13.5. The van der Waals surface area contributed by atoms with Gasteiger partial charge in [-0.25, -0.2) is 13.7 Å². The quantitative estimate of drug-likeness (QED) is 0.227. The normalized spacial score (nSPS) is 11.3. The van der Waals surface area contributed by atoms with Crippen LogP contribution in [0.25, 0.3) is 23.3 Å². The predicted molar refractivity (Wildman–Crippen MR) is 146 cm³/mol. The molecule has 1 N–H and O–H groups in total. The molecule has 0 radical (unpaired) electrons. The van der Waals surface area contributed by atoms with Crippen molar-refractivity contribution in [3.63, 3.8) is 0 Å². The van der Waals surface area contributed by atoms with Crippen LogP contribution in [0.15, 0.2) is 97.8 Å². The average Bonchev–Trinajstić information content (AvgIpc) is 2.92. The standard InChI is InChI=1S/C32H39N4/c1-33-27-30-11-9-28(10-12-30)7-8-29-13-23-35(24-14-29)19-5-3-4-6-20-36-25-17-32(18-26-36)31-15-21-34(2)22-16-31/h7-18,21-26,33H,3-6,19-20,27H2,1-2H3/q+3/b8-7+. The molecule has 36 heavy (non-hydrogen) atoms. The number of hydrogen-bond acceptors (Lipinski definition) is 1. The number of nitrogens with one attached hydrogen (secondary N) is 1. The molecule has 3 aromatic heterocycles. The zero-order valence-corrected chi connectivity index (χ0v) is 21.7. The van der Waals surface area contributed by atoms with Crippen molar-refractivity contribution < 1.29 is 13.7 Å². The van der Waals surface area contributed by atoms with E-state index in [1.54, 1.807) is 0 Å². The molecule has 4 heteroatoms. The van der Waals surface area contributed by atoms with Gasteiger partial charge < -0.3 is 5.32 Å². The van der Waals surface area contributed by atoms with Gasteiger partial charge in [-0.15, -0.1) is 0 Å². The third-order valence-corrected chi connectivity index (χ3v) is 6.53. The fourth-order valence-corrected chi connectivity index (χ4v) is 4.31. The highest BCUT2D eigenvalue weighted by atomic mass is 14.9. The van der Waals surface area contributed by atoms with Crippen LogP contribution < -0.4 is 19.0 Å². The van der Waals surface area contributed by atoms with Crippen molar-refractivity contribution in [2.75, 3.05) is 7.05 Å². The van der Waals surface area contributed by atoms with Crippen LogP contribution in [0.4, 0.5) is 0 Å². The molecule has 0 atom stereocenters. The molecule has 4 aromatic rings. The molecule has 4 nitrogen and oxygen atoms in total. The maximum Gasteiger partial charge on any atom is 0.169 e. The van der Waals surface area contributed by atoms with E-state index in [4.69, 9.17) is 0 Å². The van der Waals surface area contributed by atoms with Crippen molar-refractivity contribution in [1.82, 2.24) is 5.32 Å².